The molecule has 39 heavy (non-hydrogen) atoms. The highest BCUT2D eigenvalue weighted by molar-refractivity contribution is 7.93. The Morgan fingerprint density at radius 3 is 2.54 bits per heavy atom. The molecule has 0 fully saturated rings. The van der Waals surface area contributed by atoms with Crippen molar-refractivity contribution >= 4 is 43.7 Å². The van der Waals surface area contributed by atoms with E-state index in [1.54, 1.807) is 5.32 Å². The van der Waals surface area contributed by atoms with E-state index in [0.29, 0.717) is 6.42 Å². The van der Waals surface area contributed by atoms with Crippen molar-refractivity contribution in [1.29, 1.82) is 0 Å². The summed E-state index contributed by atoms with van der Waals surface area (Å²) in [5.41, 5.74) is -0.418. The molecule has 0 bridgehead atoms. The van der Waals surface area contributed by atoms with E-state index in [0.717, 1.165) is 31.5 Å². The summed E-state index contributed by atoms with van der Waals surface area (Å²) < 4.78 is 102. The summed E-state index contributed by atoms with van der Waals surface area (Å²) in [5, 5.41) is 4.31. The number of carbonyl (C=O) groups is 1. The van der Waals surface area contributed by atoms with Crippen LogP contribution in [0.1, 0.15) is 32.3 Å². The predicted molar refractivity (Wildman–Crippen MR) is 135 cm³/mol. The lowest BCUT2D eigenvalue weighted by atomic mass is 10.1. The molecule has 0 aliphatic rings. The number of rotatable bonds is 10. The van der Waals surface area contributed by atoms with Crippen molar-refractivity contribution in [2.75, 3.05) is 23.9 Å². The standard InChI is InChI=1S/C24H25F6N5O3S/c1-4-7-39(3,37)35-15-9-16(21(26)27)20-18(10-15)32-12-33-22(20)34-17-6-5-14(25)8-19(17)38-13(2)23(36)31-11-24(28,29)30/h5-6,8-10,12-13,21H,4,7,11H2,1-3H3,(H,31,36)(H,32,33,34)/t13-,39?/m1/s1. The molecule has 1 unspecified atom stereocenters. The minimum atomic E-state index is -4.64. The molecule has 8 nitrogen and oxygen atoms in total. The zero-order valence-electron chi connectivity index (χ0n) is 21.0. The van der Waals surface area contributed by atoms with Crippen molar-refractivity contribution < 1.29 is 40.1 Å². The van der Waals surface area contributed by atoms with E-state index in [2.05, 4.69) is 19.6 Å². The summed E-state index contributed by atoms with van der Waals surface area (Å²) in [6.45, 7) is 1.39. The third kappa shape index (κ3) is 8.18. The average Bonchev–Trinajstić information content (AvgIpc) is 2.82. The Kier molecular flexibility index (Phi) is 9.25. The fourth-order valence-electron chi connectivity index (χ4n) is 3.57. The summed E-state index contributed by atoms with van der Waals surface area (Å²) in [4.78, 5) is 20.1. The molecule has 15 heteroatoms. The molecule has 2 atom stereocenters. The number of carbonyl (C=O) groups excluding carboxylic acids is 1. The highest BCUT2D eigenvalue weighted by Crippen LogP contribution is 2.38. The Morgan fingerprint density at radius 1 is 1.18 bits per heavy atom. The van der Waals surface area contributed by atoms with Crippen LogP contribution in [0.4, 0.5) is 43.5 Å². The molecule has 2 aromatic carbocycles. The number of halogens is 6. The van der Waals surface area contributed by atoms with E-state index in [-0.39, 0.29) is 39.6 Å². The molecule has 0 spiro atoms. The maximum absolute atomic E-state index is 14.1. The number of nitrogens with one attached hydrogen (secondary N) is 2. The van der Waals surface area contributed by atoms with Crippen LogP contribution in [0.5, 0.6) is 5.75 Å². The lowest BCUT2D eigenvalue weighted by molar-refractivity contribution is -0.142. The third-order valence-electron chi connectivity index (χ3n) is 5.20. The van der Waals surface area contributed by atoms with Gasteiger partial charge in [0.15, 0.2) is 6.10 Å². The normalized spacial score (nSPS) is 14.1. The van der Waals surface area contributed by atoms with Gasteiger partial charge in [0.1, 0.15) is 30.3 Å². The van der Waals surface area contributed by atoms with Gasteiger partial charge in [0.05, 0.1) is 22.3 Å². The molecular formula is C24H25F6N5O3S. The Balaban J connectivity index is 2.01. The molecule has 2 N–H and O–H groups in total. The summed E-state index contributed by atoms with van der Waals surface area (Å²) in [7, 11) is -2.67. The van der Waals surface area contributed by atoms with Crippen molar-refractivity contribution in [3.05, 3.63) is 48.0 Å². The number of ether oxygens (including phenoxy) is 1. The zero-order valence-corrected chi connectivity index (χ0v) is 21.8. The third-order valence-corrected chi connectivity index (χ3v) is 6.97. The van der Waals surface area contributed by atoms with Crippen molar-refractivity contribution in [2.24, 2.45) is 4.36 Å². The maximum Gasteiger partial charge on any atom is 0.405 e. The van der Waals surface area contributed by atoms with Gasteiger partial charge in [-0.15, -0.1) is 0 Å². The SMILES string of the molecule is CCCS(C)(=O)=Nc1cc(C(F)F)c2c(Nc3ccc(F)cc3O[C@H](C)C(=O)NCC(F)(F)F)ncnc2c1. The fraction of sp³-hybridized carbons (Fsp3) is 0.375. The second kappa shape index (κ2) is 12.1. The number of amides is 1. The molecule has 1 aromatic heterocycles. The monoisotopic (exact) mass is 577 g/mol. The lowest BCUT2D eigenvalue weighted by Crippen LogP contribution is -2.41. The molecule has 0 aliphatic carbocycles. The Bertz CT molecular complexity index is 1470. The van der Waals surface area contributed by atoms with Crippen molar-refractivity contribution in [3.63, 3.8) is 0 Å². The van der Waals surface area contributed by atoms with Crippen LogP contribution in [0, 0.1) is 5.82 Å². The Morgan fingerprint density at radius 2 is 1.90 bits per heavy atom. The van der Waals surface area contributed by atoms with E-state index in [9.17, 15) is 35.3 Å². The smallest absolute Gasteiger partial charge is 0.405 e. The van der Waals surface area contributed by atoms with Crippen LogP contribution in [0.3, 0.4) is 0 Å². The highest BCUT2D eigenvalue weighted by atomic mass is 32.2. The van der Waals surface area contributed by atoms with Gasteiger partial charge in [0, 0.05) is 33.4 Å². The van der Waals surface area contributed by atoms with Crippen LogP contribution in [0.15, 0.2) is 41.0 Å². The van der Waals surface area contributed by atoms with Crippen molar-refractivity contribution in [3.8, 4) is 5.75 Å². The predicted octanol–water partition coefficient (Wildman–Crippen LogP) is 6.04. The van der Waals surface area contributed by atoms with Crippen LogP contribution in [-0.2, 0) is 14.5 Å². The number of aromatic nitrogens is 2. The largest absolute Gasteiger partial charge is 0.479 e. The van der Waals surface area contributed by atoms with Gasteiger partial charge >= 0.3 is 6.18 Å². The van der Waals surface area contributed by atoms with E-state index >= 15 is 0 Å². The van der Waals surface area contributed by atoms with Gasteiger partial charge in [-0.05, 0) is 37.6 Å². The number of hydrogen-bond donors (Lipinski definition) is 2. The summed E-state index contributed by atoms with van der Waals surface area (Å²) >= 11 is 0. The van der Waals surface area contributed by atoms with Gasteiger partial charge in [-0.1, -0.05) is 6.92 Å². The molecule has 0 aliphatic heterocycles. The molecule has 0 saturated carbocycles. The molecular weight excluding hydrogens is 552 g/mol. The van der Waals surface area contributed by atoms with Crippen LogP contribution in [-0.4, -0.2) is 50.9 Å². The van der Waals surface area contributed by atoms with Gasteiger partial charge in [0.25, 0.3) is 12.3 Å². The number of fused-ring (bicyclic) bond motifs is 1. The molecule has 1 heterocycles. The number of benzene rings is 2. The summed E-state index contributed by atoms with van der Waals surface area (Å²) in [5.74, 6) is -2.04. The van der Waals surface area contributed by atoms with E-state index in [1.165, 1.54) is 18.4 Å². The number of hydrogen-bond acceptors (Lipinski definition) is 7. The number of nitrogens with zero attached hydrogens (tertiary/aromatic N) is 3. The molecule has 3 aromatic rings. The first-order valence-electron chi connectivity index (χ1n) is 11.5. The second-order valence-electron chi connectivity index (χ2n) is 8.57. The van der Waals surface area contributed by atoms with Gasteiger partial charge < -0.3 is 15.4 Å². The Hall–Kier alpha value is -3.62. The molecule has 212 valence electrons. The minimum Gasteiger partial charge on any atom is -0.479 e. The van der Waals surface area contributed by atoms with Gasteiger partial charge in [-0.25, -0.2) is 27.3 Å². The van der Waals surface area contributed by atoms with Crippen LogP contribution in [0.25, 0.3) is 10.9 Å². The second-order valence-corrected chi connectivity index (χ2v) is 11.1. The van der Waals surface area contributed by atoms with Crippen molar-refractivity contribution in [2.45, 2.75) is 39.0 Å². The Labute approximate surface area is 220 Å². The van der Waals surface area contributed by atoms with Crippen LogP contribution >= 0.6 is 0 Å². The van der Waals surface area contributed by atoms with E-state index < -0.39 is 52.3 Å². The minimum absolute atomic E-state index is 0.0135. The topological polar surface area (TPSA) is 106 Å². The average molecular weight is 578 g/mol. The summed E-state index contributed by atoms with van der Waals surface area (Å²) in [6.07, 6.45) is -6.03. The number of anilines is 2. The van der Waals surface area contributed by atoms with Gasteiger partial charge in [0.2, 0.25) is 0 Å². The zero-order chi connectivity index (χ0) is 29.0. The van der Waals surface area contributed by atoms with Crippen LogP contribution < -0.4 is 15.4 Å². The first-order chi connectivity index (χ1) is 18.2. The molecule has 0 radical (unpaired) electrons. The van der Waals surface area contributed by atoms with Crippen molar-refractivity contribution in [1.82, 2.24) is 15.3 Å². The van der Waals surface area contributed by atoms with Gasteiger partial charge in [-0.3, -0.25) is 4.79 Å². The number of alkyl halides is 5. The van der Waals surface area contributed by atoms with Crippen LogP contribution in [0.2, 0.25) is 0 Å². The molecule has 0 saturated heterocycles. The molecule has 3 rings (SSSR count). The first kappa shape index (κ1) is 29.9. The van der Waals surface area contributed by atoms with E-state index in [1.807, 2.05) is 6.92 Å². The highest BCUT2D eigenvalue weighted by Gasteiger charge is 2.29. The maximum atomic E-state index is 14.1. The summed E-state index contributed by atoms with van der Waals surface area (Å²) in [6, 6.07) is 5.53. The quantitative estimate of drug-likeness (QED) is 0.285. The first-order valence-corrected chi connectivity index (χ1v) is 13.6. The van der Waals surface area contributed by atoms with Gasteiger partial charge in [-0.2, -0.15) is 17.5 Å². The lowest BCUT2D eigenvalue weighted by Gasteiger charge is -2.19. The molecule has 1 amide bonds. The van der Waals surface area contributed by atoms with E-state index in [4.69, 9.17) is 4.74 Å². The fourth-order valence-corrected chi connectivity index (χ4v) is 4.97.